The number of fused-ring (bicyclic) bond motifs is 1. The number of nitrogens with zero attached hydrogens (tertiary/aromatic N) is 4. The summed E-state index contributed by atoms with van der Waals surface area (Å²) >= 11 is 7.03. The van der Waals surface area contributed by atoms with Crippen molar-refractivity contribution in [2.75, 3.05) is 30.8 Å². The maximum absolute atomic E-state index is 13.0. The standard InChI is InChI=1S/C23H23ClN8O4S/c1-32-8-6-15-17(12-32)37-23(30-15)22(36)29-16(19(33)28-14-3-2-7-25-10-14)11-27-20(34)21(35)31-18-5-4-13(24)9-26-18/h2-5,7,9-10,16H,6,8,11-12H2,1H3,(H,27,34)(H,28,33)(H,29,36)(H,26,31,35). The van der Waals surface area contributed by atoms with Crippen LogP contribution in [0.3, 0.4) is 0 Å². The van der Waals surface area contributed by atoms with Gasteiger partial charge in [-0.15, -0.1) is 11.3 Å². The summed E-state index contributed by atoms with van der Waals surface area (Å²) < 4.78 is 0. The van der Waals surface area contributed by atoms with Gasteiger partial charge in [0, 0.05) is 43.3 Å². The Balaban J connectivity index is 1.42. The molecule has 37 heavy (non-hydrogen) atoms. The number of hydrogen-bond donors (Lipinski definition) is 4. The van der Waals surface area contributed by atoms with Crippen LogP contribution in [-0.4, -0.2) is 69.7 Å². The minimum atomic E-state index is -1.21. The van der Waals surface area contributed by atoms with E-state index in [9.17, 15) is 19.2 Å². The second kappa shape index (κ2) is 11.9. The molecule has 1 atom stereocenters. The average molecular weight is 543 g/mol. The highest BCUT2D eigenvalue weighted by Gasteiger charge is 2.27. The molecule has 0 saturated heterocycles. The Hall–Kier alpha value is -3.94. The number of amides is 4. The molecule has 14 heteroatoms. The van der Waals surface area contributed by atoms with E-state index in [0.29, 0.717) is 17.3 Å². The highest BCUT2D eigenvalue weighted by molar-refractivity contribution is 7.13. The van der Waals surface area contributed by atoms with Gasteiger partial charge < -0.3 is 26.2 Å². The molecule has 4 rings (SSSR count). The molecule has 0 fully saturated rings. The lowest BCUT2D eigenvalue weighted by molar-refractivity contribution is -0.136. The van der Waals surface area contributed by atoms with Crippen LogP contribution in [0, 0.1) is 0 Å². The van der Waals surface area contributed by atoms with Crippen molar-refractivity contribution < 1.29 is 19.2 Å². The maximum Gasteiger partial charge on any atom is 0.314 e. The molecule has 0 bridgehead atoms. The largest absolute Gasteiger partial charge is 0.345 e. The van der Waals surface area contributed by atoms with E-state index in [1.165, 1.54) is 35.9 Å². The zero-order valence-corrected chi connectivity index (χ0v) is 21.2. The van der Waals surface area contributed by atoms with E-state index in [1.54, 1.807) is 18.3 Å². The molecule has 3 aromatic heterocycles. The number of pyridine rings is 2. The van der Waals surface area contributed by atoms with E-state index < -0.39 is 29.7 Å². The van der Waals surface area contributed by atoms with Crippen LogP contribution in [0.2, 0.25) is 5.02 Å². The zero-order valence-electron chi connectivity index (χ0n) is 19.7. The molecule has 0 spiro atoms. The Morgan fingerprint density at radius 2 is 1.97 bits per heavy atom. The number of halogens is 1. The fourth-order valence-electron chi connectivity index (χ4n) is 3.41. The number of thiazole rings is 1. The lowest BCUT2D eigenvalue weighted by Gasteiger charge is -2.20. The highest BCUT2D eigenvalue weighted by atomic mass is 35.5. The van der Waals surface area contributed by atoms with Gasteiger partial charge >= 0.3 is 11.8 Å². The first-order valence-corrected chi connectivity index (χ1v) is 12.4. The Labute approximate surface area is 220 Å². The fourth-order valence-corrected chi connectivity index (χ4v) is 4.62. The third-order valence-electron chi connectivity index (χ3n) is 5.31. The van der Waals surface area contributed by atoms with E-state index >= 15 is 0 Å². The fraction of sp³-hybridized carbons (Fsp3) is 0.261. The van der Waals surface area contributed by atoms with Gasteiger partial charge in [0.05, 0.1) is 22.6 Å². The normalized spacial score (nSPS) is 13.7. The molecule has 0 aromatic carbocycles. The van der Waals surface area contributed by atoms with Crippen molar-refractivity contribution in [1.82, 2.24) is 30.5 Å². The summed E-state index contributed by atoms with van der Waals surface area (Å²) in [5, 5.41) is 10.5. The molecule has 3 aromatic rings. The summed E-state index contributed by atoms with van der Waals surface area (Å²) in [5.41, 5.74) is 1.27. The lowest BCUT2D eigenvalue weighted by atomic mass is 10.2. The summed E-state index contributed by atoms with van der Waals surface area (Å²) in [6, 6.07) is 4.99. The minimum Gasteiger partial charge on any atom is -0.345 e. The van der Waals surface area contributed by atoms with Crippen molar-refractivity contribution in [2.45, 2.75) is 19.0 Å². The number of nitrogens with one attached hydrogen (secondary N) is 4. The van der Waals surface area contributed by atoms with E-state index in [-0.39, 0.29) is 17.4 Å². The third-order valence-corrected chi connectivity index (χ3v) is 6.61. The number of carbonyl (C=O) groups excluding carboxylic acids is 4. The molecule has 192 valence electrons. The first kappa shape index (κ1) is 26.1. The van der Waals surface area contributed by atoms with Gasteiger partial charge in [-0.3, -0.25) is 24.2 Å². The predicted molar refractivity (Wildman–Crippen MR) is 137 cm³/mol. The van der Waals surface area contributed by atoms with Crippen LogP contribution >= 0.6 is 22.9 Å². The molecule has 0 radical (unpaired) electrons. The number of hydrogen-bond acceptors (Lipinski definition) is 9. The van der Waals surface area contributed by atoms with Crippen LogP contribution in [0.15, 0.2) is 42.9 Å². The summed E-state index contributed by atoms with van der Waals surface area (Å²) in [7, 11) is 1.99. The summed E-state index contributed by atoms with van der Waals surface area (Å²) in [4.78, 5) is 66.0. The molecular weight excluding hydrogens is 520 g/mol. The summed E-state index contributed by atoms with van der Waals surface area (Å²) in [5.74, 6) is -3.05. The Morgan fingerprint density at radius 3 is 2.70 bits per heavy atom. The van der Waals surface area contributed by atoms with Crippen LogP contribution in [-0.2, 0) is 27.3 Å². The van der Waals surface area contributed by atoms with Gasteiger partial charge in [-0.25, -0.2) is 9.97 Å². The van der Waals surface area contributed by atoms with Gasteiger partial charge in [-0.05, 0) is 31.3 Å². The maximum atomic E-state index is 13.0. The molecule has 12 nitrogen and oxygen atoms in total. The third kappa shape index (κ3) is 7.06. The van der Waals surface area contributed by atoms with Crippen molar-refractivity contribution in [3.8, 4) is 0 Å². The SMILES string of the molecule is CN1CCc2nc(C(=O)NC(CNC(=O)C(=O)Nc3ccc(Cl)cn3)C(=O)Nc3cccnc3)sc2C1. The molecule has 0 aliphatic carbocycles. The molecule has 1 aliphatic heterocycles. The van der Waals surface area contributed by atoms with Gasteiger partial charge in [-0.2, -0.15) is 0 Å². The number of anilines is 2. The van der Waals surface area contributed by atoms with Crippen molar-refractivity contribution in [3.05, 3.63) is 63.5 Å². The lowest BCUT2D eigenvalue weighted by Crippen LogP contribution is -2.52. The zero-order chi connectivity index (χ0) is 26.4. The van der Waals surface area contributed by atoms with Crippen LogP contribution in [0.1, 0.15) is 20.4 Å². The first-order chi connectivity index (χ1) is 17.8. The van der Waals surface area contributed by atoms with Gasteiger partial charge in [0.15, 0.2) is 5.01 Å². The second-order valence-electron chi connectivity index (χ2n) is 8.16. The number of carbonyl (C=O) groups is 4. The molecule has 4 heterocycles. The highest BCUT2D eigenvalue weighted by Crippen LogP contribution is 2.24. The molecular formula is C23H23ClN8O4S. The minimum absolute atomic E-state index is 0.127. The second-order valence-corrected chi connectivity index (χ2v) is 9.68. The summed E-state index contributed by atoms with van der Waals surface area (Å²) in [6.45, 7) is 1.18. The van der Waals surface area contributed by atoms with Crippen molar-refractivity contribution in [2.24, 2.45) is 0 Å². The van der Waals surface area contributed by atoms with Crippen molar-refractivity contribution in [1.29, 1.82) is 0 Å². The van der Waals surface area contributed by atoms with Crippen molar-refractivity contribution in [3.63, 3.8) is 0 Å². The molecule has 4 amide bonds. The van der Waals surface area contributed by atoms with Crippen LogP contribution in [0.25, 0.3) is 0 Å². The Bertz CT molecular complexity index is 1300. The van der Waals surface area contributed by atoms with Gasteiger partial charge in [0.1, 0.15) is 11.9 Å². The van der Waals surface area contributed by atoms with E-state index in [0.717, 1.165) is 23.5 Å². The molecule has 4 N–H and O–H groups in total. The van der Waals surface area contributed by atoms with Gasteiger partial charge in [0.25, 0.3) is 5.91 Å². The van der Waals surface area contributed by atoms with Crippen LogP contribution in [0.4, 0.5) is 11.5 Å². The number of likely N-dealkylation sites (N-methyl/N-ethyl adjacent to an activating group) is 1. The Kier molecular flexibility index (Phi) is 8.38. The molecule has 0 saturated carbocycles. The van der Waals surface area contributed by atoms with E-state index in [4.69, 9.17) is 11.6 Å². The number of aromatic nitrogens is 3. The van der Waals surface area contributed by atoms with Crippen LogP contribution in [0.5, 0.6) is 0 Å². The van der Waals surface area contributed by atoms with E-state index in [2.05, 4.69) is 41.1 Å². The van der Waals surface area contributed by atoms with E-state index in [1.807, 2.05) is 7.05 Å². The molecule has 1 aliphatic rings. The van der Waals surface area contributed by atoms with Crippen molar-refractivity contribution >= 4 is 58.1 Å². The smallest absolute Gasteiger partial charge is 0.314 e. The monoisotopic (exact) mass is 542 g/mol. The predicted octanol–water partition coefficient (Wildman–Crippen LogP) is 1.07. The quantitative estimate of drug-likeness (QED) is 0.323. The molecule has 1 unspecified atom stereocenters. The van der Waals surface area contributed by atoms with Gasteiger partial charge in [-0.1, -0.05) is 11.6 Å². The van der Waals surface area contributed by atoms with Crippen LogP contribution < -0.4 is 21.3 Å². The topological polar surface area (TPSA) is 158 Å². The van der Waals surface area contributed by atoms with Gasteiger partial charge in [0.2, 0.25) is 5.91 Å². The Morgan fingerprint density at radius 1 is 1.14 bits per heavy atom. The average Bonchev–Trinajstić information content (AvgIpc) is 3.31. The number of rotatable bonds is 7. The first-order valence-electron chi connectivity index (χ1n) is 11.2. The summed E-state index contributed by atoms with van der Waals surface area (Å²) in [6.07, 6.45) is 5.03.